The predicted molar refractivity (Wildman–Crippen MR) is 124 cm³/mol. The van der Waals surface area contributed by atoms with Crippen molar-refractivity contribution >= 4 is 0 Å². The van der Waals surface area contributed by atoms with Gasteiger partial charge in [-0.05, 0) is 67.6 Å². The minimum atomic E-state index is -0.599. The van der Waals surface area contributed by atoms with Gasteiger partial charge in [-0.2, -0.15) is 5.26 Å². The molecule has 0 amide bonds. The van der Waals surface area contributed by atoms with Crippen LogP contribution in [0.4, 0.5) is 4.39 Å². The smallest absolute Gasteiger partial charge is 0.123 e. The van der Waals surface area contributed by atoms with E-state index in [0.717, 1.165) is 57.4 Å². The second-order valence-corrected chi connectivity index (χ2v) is 9.23. The van der Waals surface area contributed by atoms with E-state index in [-0.39, 0.29) is 18.2 Å². The number of benzene rings is 2. The van der Waals surface area contributed by atoms with Gasteiger partial charge in [0.25, 0.3) is 0 Å². The number of piperazine rings is 1. The van der Waals surface area contributed by atoms with Gasteiger partial charge in [-0.3, -0.25) is 9.80 Å². The average Bonchev–Trinajstić information content (AvgIpc) is 2.85. The number of hydrogen-bond donors (Lipinski definition) is 2. The van der Waals surface area contributed by atoms with Crippen LogP contribution in [-0.4, -0.2) is 71.5 Å². The molecule has 0 radical (unpaired) electrons. The van der Waals surface area contributed by atoms with E-state index in [4.69, 9.17) is 4.74 Å². The Labute approximate surface area is 194 Å². The van der Waals surface area contributed by atoms with Crippen LogP contribution in [0.25, 0.3) is 0 Å². The number of aromatic hydroxyl groups is 1. The SMILES string of the molecule is N#C[C@]1(c2ccc(O)cc2)CC[C@H](N2CCN(CC(O)COc3ccc(F)cc3)CC2)CC1. The monoisotopic (exact) mass is 453 g/mol. The number of β-amino-alcohol motifs (C(OH)–C–C–N with tert-alkyl or cyclic N) is 1. The molecule has 0 aromatic heterocycles. The summed E-state index contributed by atoms with van der Waals surface area (Å²) >= 11 is 0. The number of ether oxygens (including phenoxy) is 1. The van der Waals surface area contributed by atoms with E-state index in [0.29, 0.717) is 18.3 Å². The van der Waals surface area contributed by atoms with Crippen molar-refractivity contribution in [2.45, 2.75) is 43.2 Å². The summed E-state index contributed by atoms with van der Waals surface area (Å²) in [7, 11) is 0. The van der Waals surface area contributed by atoms with E-state index in [1.807, 2.05) is 12.1 Å². The zero-order valence-corrected chi connectivity index (χ0v) is 18.9. The van der Waals surface area contributed by atoms with Crippen LogP contribution in [0.15, 0.2) is 48.5 Å². The highest BCUT2D eigenvalue weighted by Gasteiger charge is 2.39. The highest BCUT2D eigenvalue weighted by atomic mass is 19.1. The van der Waals surface area contributed by atoms with Crippen LogP contribution in [-0.2, 0) is 5.41 Å². The number of phenols is 1. The topological polar surface area (TPSA) is 80.0 Å². The number of hydrogen-bond acceptors (Lipinski definition) is 6. The van der Waals surface area contributed by atoms with Gasteiger partial charge in [-0.15, -0.1) is 0 Å². The molecular weight excluding hydrogens is 421 g/mol. The highest BCUT2D eigenvalue weighted by Crippen LogP contribution is 2.41. The maximum absolute atomic E-state index is 13.0. The first-order valence-electron chi connectivity index (χ1n) is 11.7. The van der Waals surface area contributed by atoms with Gasteiger partial charge in [-0.25, -0.2) is 4.39 Å². The molecule has 0 bridgehead atoms. The maximum atomic E-state index is 13.0. The van der Waals surface area contributed by atoms with Gasteiger partial charge in [0.1, 0.15) is 30.0 Å². The number of phenolic OH excluding ortho intramolecular Hbond substituents is 1. The molecule has 2 N–H and O–H groups in total. The van der Waals surface area contributed by atoms with Gasteiger partial charge in [-0.1, -0.05) is 12.1 Å². The molecule has 1 atom stereocenters. The van der Waals surface area contributed by atoms with E-state index >= 15 is 0 Å². The molecule has 4 rings (SSSR count). The Balaban J connectivity index is 1.20. The van der Waals surface area contributed by atoms with Crippen molar-refractivity contribution in [1.29, 1.82) is 5.26 Å². The summed E-state index contributed by atoms with van der Waals surface area (Å²) in [5.74, 6) is 0.473. The van der Waals surface area contributed by atoms with E-state index in [9.17, 15) is 19.9 Å². The third-order valence-electron chi connectivity index (χ3n) is 7.09. The highest BCUT2D eigenvalue weighted by molar-refractivity contribution is 5.37. The van der Waals surface area contributed by atoms with E-state index < -0.39 is 11.5 Å². The fraction of sp³-hybridized carbons (Fsp3) is 0.500. The molecule has 2 aromatic carbocycles. The fourth-order valence-corrected chi connectivity index (χ4v) is 5.09. The summed E-state index contributed by atoms with van der Waals surface area (Å²) in [6, 6.07) is 16.0. The molecule has 6 nitrogen and oxygen atoms in total. The normalized spacial score (nSPS) is 25.3. The van der Waals surface area contributed by atoms with Crippen molar-refractivity contribution in [1.82, 2.24) is 9.80 Å². The zero-order valence-electron chi connectivity index (χ0n) is 18.9. The summed E-state index contributed by atoms with van der Waals surface area (Å²) in [5, 5.41) is 29.8. The molecule has 1 saturated carbocycles. The molecule has 2 aromatic rings. The van der Waals surface area contributed by atoms with Crippen molar-refractivity contribution in [3.8, 4) is 17.6 Å². The molecule has 2 fully saturated rings. The lowest BCUT2D eigenvalue weighted by atomic mass is 9.69. The minimum Gasteiger partial charge on any atom is -0.508 e. The zero-order chi connectivity index (χ0) is 23.3. The second kappa shape index (κ2) is 10.5. The van der Waals surface area contributed by atoms with E-state index in [1.165, 1.54) is 12.1 Å². The lowest BCUT2D eigenvalue weighted by Crippen LogP contribution is -2.53. The third-order valence-corrected chi connectivity index (χ3v) is 7.09. The maximum Gasteiger partial charge on any atom is 0.123 e. The van der Waals surface area contributed by atoms with Crippen molar-refractivity contribution in [3.05, 3.63) is 59.9 Å². The Kier molecular flexibility index (Phi) is 7.49. The van der Waals surface area contributed by atoms with Gasteiger partial charge in [0.05, 0.1) is 11.5 Å². The minimum absolute atomic E-state index is 0.183. The molecule has 33 heavy (non-hydrogen) atoms. The summed E-state index contributed by atoms with van der Waals surface area (Å²) < 4.78 is 18.5. The number of nitrogens with zero attached hydrogens (tertiary/aromatic N) is 3. The molecule has 0 spiro atoms. The summed E-state index contributed by atoms with van der Waals surface area (Å²) in [4.78, 5) is 4.78. The first-order valence-corrected chi connectivity index (χ1v) is 11.7. The fourth-order valence-electron chi connectivity index (χ4n) is 5.09. The lowest BCUT2D eigenvalue weighted by Gasteiger charge is -2.44. The average molecular weight is 454 g/mol. The Morgan fingerprint density at radius 1 is 1.03 bits per heavy atom. The van der Waals surface area contributed by atoms with Gasteiger partial charge >= 0.3 is 0 Å². The number of aliphatic hydroxyl groups is 1. The van der Waals surface area contributed by atoms with Gasteiger partial charge in [0.15, 0.2) is 0 Å². The Bertz CT molecular complexity index is 929. The van der Waals surface area contributed by atoms with Gasteiger partial charge in [0, 0.05) is 38.8 Å². The van der Waals surface area contributed by atoms with Crippen LogP contribution in [0.3, 0.4) is 0 Å². The molecule has 1 aliphatic carbocycles. The molecule has 1 saturated heterocycles. The van der Waals surface area contributed by atoms with Crippen molar-refractivity contribution in [2.75, 3.05) is 39.3 Å². The van der Waals surface area contributed by atoms with Gasteiger partial charge in [0.2, 0.25) is 0 Å². The molecule has 7 heteroatoms. The lowest BCUT2D eigenvalue weighted by molar-refractivity contribution is 0.0286. The largest absolute Gasteiger partial charge is 0.508 e. The first-order chi connectivity index (χ1) is 16.0. The Morgan fingerprint density at radius 2 is 1.67 bits per heavy atom. The van der Waals surface area contributed by atoms with Crippen LogP contribution >= 0.6 is 0 Å². The predicted octanol–water partition coefficient (Wildman–Crippen LogP) is 3.29. The van der Waals surface area contributed by atoms with Gasteiger partial charge < -0.3 is 14.9 Å². The molecule has 1 unspecified atom stereocenters. The standard InChI is InChI=1S/C26H32FN3O3/c27-21-3-7-25(8-4-21)33-18-24(32)17-29-13-15-30(16-14-29)22-9-11-26(19-28,12-10-22)20-1-5-23(31)6-2-20/h1-8,22,24,31-32H,9-18H2/t22-,24?,26-. The Hall–Kier alpha value is -2.66. The molecule has 1 aliphatic heterocycles. The Morgan fingerprint density at radius 3 is 2.27 bits per heavy atom. The van der Waals surface area contributed by atoms with E-state index in [1.54, 1.807) is 24.3 Å². The van der Waals surface area contributed by atoms with Crippen molar-refractivity contribution < 1.29 is 19.3 Å². The van der Waals surface area contributed by atoms with Crippen LogP contribution in [0.5, 0.6) is 11.5 Å². The van der Waals surface area contributed by atoms with Crippen molar-refractivity contribution in [3.63, 3.8) is 0 Å². The summed E-state index contributed by atoms with van der Waals surface area (Å²) in [6.07, 6.45) is 3.04. The van der Waals surface area contributed by atoms with Crippen LogP contribution in [0, 0.1) is 17.1 Å². The van der Waals surface area contributed by atoms with Crippen molar-refractivity contribution in [2.24, 2.45) is 0 Å². The van der Waals surface area contributed by atoms with Crippen LogP contribution < -0.4 is 4.74 Å². The number of nitriles is 1. The van der Waals surface area contributed by atoms with Crippen LogP contribution in [0.1, 0.15) is 31.2 Å². The summed E-state index contributed by atoms with van der Waals surface area (Å²) in [6.45, 7) is 4.43. The quantitative estimate of drug-likeness (QED) is 0.670. The number of aliphatic hydroxyl groups excluding tert-OH is 1. The molecule has 2 aliphatic rings. The summed E-state index contributed by atoms with van der Waals surface area (Å²) in [5.41, 5.74) is 0.545. The number of halogens is 1. The molecular formula is C26H32FN3O3. The first kappa shape index (κ1) is 23.5. The second-order valence-electron chi connectivity index (χ2n) is 9.23. The molecule has 176 valence electrons. The molecule has 1 heterocycles. The van der Waals surface area contributed by atoms with Crippen LogP contribution in [0.2, 0.25) is 0 Å². The van der Waals surface area contributed by atoms with E-state index in [2.05, 4.69) is 15.9 Å². The third kappa shape index (κ3) is 5.83. The number of rotatable bonds is 7.